The third-order valence-corrected chi connectivity index (χ3v) is 5.83. The Morgan fingerprint density at radius 2 is 1.76 bits per heavy atom. The van der Waals surface area contributed by atoms with E-state index in [4.69, 9.17) is 16.3 Å². The van der Waals surface area contributed by atoms with Crippen LogP contribution in [0, 0.1) is 0 Å². The molecule has 8 heteroatoms. The first kappa shape index (κ1) is 24.6. The molecule has 0 aliphatic heterocycles. The highest BCUT2D eigenvalue weighted by atomic mass is 35.5. The molecule has 176 valence electrons. The Morgan fingerprint density at radius 3 is 2.52 bits per heavy atom. The number of halogens is 1. The van der Waals surface area contributed by atoms with Crippen LogP contribution in [0.3, 0.4) is 0 Å². The molecule has 7 nitrogen and oxygen atoms in total. The lowest BCUT2D eigenvalue weighted by molar-refractivity contribution is -0.116. The van der Waals surface area contributed by atoms with Gasteiger partial charge < -0.3 is 20.7 Å². The molecule has 0 heterocycles. The molecule has 0 aromatic heterocycles. The highest BCUT2D eigenvalue weighted by Crippen LogP contribution is 2.23. The zero-order chi connectivity index (χ0) is 23.5. The van der Waals surface area contributed by atoms with Crippen LogP contribution >= 0.6 is 11.6 Å². The van der Waals surface area contributed by atoms with Crippen molar-refractivity contribution >= 4 is 35.2 Å². The molecule has 0 spiro atoms. The van der Waals surface area contributed by atoms with Gasteiger partial charge in [0.15, 0.2) is 0 Å². The van der Waals surface area contributed by atoms with E-state index in [1.807, 2.05) is 30.3 Å². The van der Waals surface area contributed by atoms with E-state index < -0.39 is 6.09 Å². The Bertz CT molecular complexity index is 946. The van der Waals surface area contributed by atoms with Crippen molar-refractivity contribution in [3.63, 3.8) is 0 Å². The first-order valence-corrected chi connectivity index (χ1v) is 11.7. The van der Waals surface area contributed by atoms with E-state index in [0.717, 1.165) is 31.2 Å². The molecule has 0 saturated heterocycles. The minimum Gasteiger partial charge on any atom is -0.445 e. The fraction of sp³-hybridized carbons (Fsp3) is 0.400. The van der Waals surface area contributed by atoms with Crippen molar-refractivity contribution < 1.29 is 19.1 Å². The van der Waals surface area contributed by atoms with Crippen LogP contribution in [0.5, 0.6) is 0 Å². The molecule has 0 atom stereocenters. The highest BCUT2D eigenvalue weighted by molar-refractivity contribution is 6.34. The number of benzene rings is 2. The van der Waals surface area contributed by atoms with Gasteiger partial charge in [0.05, 0.1) is 10.6 Å². The minimum absolute atomic E-state index is 0.174. The highest BCUT2D eigenvalue weighted by Gasteiger charge is 2.19. The Morgan fingerprint density at radius 1 is 1.00 bits per heavy atom. The van der Waals surface area contributed by atoms with Crippen LogP contribution in [0.1, 0.15) is 60.9 Å². The van der Waals surface area contributed by atoms with Gasteiger partial charge in [0.1, 0.15) is 6.61 Å². The van der Waals surface area contributed by atoms with Crippen molar-refractivity contribution in [1.29, 1.82) is 0 Å². The molecule has 3 N–H and O–H groups in total. The summed E-state index contributed by atoms with van der Waals surface area (Å²) in [4.78, 5) is 36.6. The molecular weight excluding hydrogens is 442 g/mol. The predicted octanol–water partition coefficient (Wildman–Crippen LogP) is 5.05. The van der Waals surface area contributed by atoms with Gasteiger partial charge in [0, 0.05) is 24.7 Å². The molecule has 33 heavy (non-hydrogen) atoms. The van der Waals surface area contributed by atoms with Crippen molar-refractivity contribution in [3.05, 3.63) is 64.7 Å². The second kappa shape index (κ2) is 12.8. The van der Waals surface area contributed by atoms with Gasteiger partial charge in [-0.2, -0.15) is 0 Å². The molecule has 0 bridgehead atoms. The largest absolute Gasteiger partial charge is 0.445 e. The molecule has 3 amide bonds. The monoisotopic (exact) mass is 471 g/mol. The number of alkyl carbamates (subject to hydrolysis) is 1. The second-order valence-corrected chi connectivity index (χ2v) is 8.55. The first-order chi connectivity index (χ1) is 16.0. The Kier molecular flexibility index (Phi) is 9.57. The number of hydrogen-bond donors (Lipinski definition) is 3. The second-order valence-electron chi connectivity index (χ2n) is 8.14. The number of ether oxygens (including phenoxy) is 1. The summed E-state index contributed by atoms with van der Waals surface area (Å²) in [7, 11) is 0. The van der Waals surface area contributed by atoms with Crippen LogP contribution in [-0.4, -0.2) is 30.5 Å². The summed E-state index contributed by atoms with van der Waals surface area (Å²) in [5.41, 5.74) is 1.76. The molecule has 0 unspecified atom stereocenters. The van der Waals surface area contributed by atoms with Crippen LogP contribution in [0.4, 0.5) is 10.5 Å². The average molecular weight is 472 g/mol. The number of carbonyl (C=O) groups excluding carboxylic acids is 3. The molecule has 1 fully saturated rings. The van der Waals surface area contributed by atoms with E-state index in [1.54, 1.807) is 18.2 Å². The lowest BCUT2D eigenvalue weighted by Crippen LogP contribution is -2.36. The van der Waals surface area contributed by atoms with Crippen LogP contribution in [-0.2, 0) is 16.1 Å². The number of nitrogens with one attached hydrogen (secondary N) is 3. The SMILES string of the molecule is O=C(CCCNC(=O)OCc1ccccc1)Nc1ccc(Cl)c(C(=O)NC2CCCCC2)c1. The number of rotatable bonds is 9. The van der Waals surface area contributed by atoms with Gasteiger partial charge in [-0.15, -0.1) is 0 Å². The van der Waals surface area contributed by atoms with Gasteiger partial charge in [0.2, 0.25) is 5.91 Å². The van der Waals surface area contributed by atoms with Gasteiger partial charge in [-0.3, -0.25) is 9.59 Å². The van der Waals surface area contributed by atoms with Gasteiger partial charge >= 0.3 is 6.09 Å². The Balaban J connectivity index is 1.38. The van der Waals surface area contributed by atoms with Gasteiger partial charge in [-0.05, 0) is 43.0 Å². The van der Waals surface area contributed by atoms with Gasteiger partial charge in [-0.25, -0.2) is 4.79 Å². The fourth-order valence-corrected chi connectivity index (χ4v) is 3.93. The lowest BCUT2D eigenvalue weighted by atomic mass is 9.95. The maximum atomic E-state index is 12.6. The number of hydrogen-bond acceptors (Lipinski definition) is 4. The van der Waals surface area contributed by atoms with Crippen LogP contribution in [0.15, 0.2) is 48.5 Å². The summed E-state index contributed by atoms with van der Waals surface area (Å²) in [6, 6.07) is 14.4. The smallest absolute Gasteiger partial charge is 0.407 e. The third-order valence-electron chi connectivity index (χ3n) is 5.50. The molecule has 3 rings (SSSR count). The van der Waals surface area contributed by atoms with Crippen LogP contribution in [0.2, 0.25) is 5.02 Å². The van der Waals surface area contributed by atoms with Gasteiger partial charge in [0.25, 0.3) is 5.91 Å². The summed E-state index contributed by atoms with van der Waals surface area (Å²) in [6.45, 7) is 0.511. The Labute approximate surface area is 199 Å². The molecule has 1 aliphatic rings. The fourth-order valence-electron chi connectivity index (χ4n) is 3.72. The standard InChI is InChI=1S/C25H30ClN3O4/c26-22-14-13-20(16-21(22)24(31)29-19-10-5-2-6-11-19)28-23(30)12-7-15-27-25(32)33-17-18-8-3-1-4-9-18/h1,3-4,8-9,13-14,16,19H,2,5-7,10-12,15,17H2,(H,27,32)(H,28,30)(H,29,31). The normalized spacial score (nSPS) is 13.7. The topological polar surface area (TPSA) is 96.5 Å². The summed E-state index contributed by atoms with van der Waals surface area (Å²) in [6.07, 6.45) is 5.55. The van der Waals surface area contributed by atoms with Crippen molar-refractivity contribution in [2.24, 2.45) is 0 Å². The van der Waals surface area contributed by atoms with E-state index >= 15 is 0 Å². The van der Waals surface area contributed by atoms with E-state index in [-0.39, 0.29) is 30.9 Å². The number of anilines is 1. The summed E-state index contributed by atoms with van der Waals surface area (Å²) in [5, 5.41) is 8.80. The quantitative estimate of drug-likeness (QED) is 0.446. The summed E-state index contributed by atoms with van der Waals surface area (Å²) in [5.74, 6) is -0.434. The average Bonchev–Trinajstić information content (AvgIpc) is 2.83. The lowest BCUT2D eigenvalue weighted by Gasteiger charge is -2.23. The minimum atomic E-state index is -0.523. The number of amides is 3. The maximum Gasteiger partial charge on any atom is 0.407 e. The van der Waals surface area contributed by atoms with Crippen molar-refractivity contribution in [3.8, 4) is 0 Å². The van der Waals surface area contributed by atoms with E-state index in [2.05, 4.69) is 16.0 Å². The summed E-state index contributed by atoms with van der Waals surface area (Å²) >= 11 is 6.22. The molecule has 1 saturated carbocycles. The van der Waals surface area contributed by atoms with E-state index in [0.29, 0.717) is 29.2 Å². The zero-order valence-corrected chi connectivity index (χ0v) is 19.3. The van der Waals surface area contributed by atoms with Crippen molar-refractivity contribution in [2.45, 2.75) is 57.6 Å². The van der Waals surface area contributed by atoms with Crippen molar-refractivity contribution in [1.82, 2.24) is 10.6 Å². The third kappa shape index (κ3) is 8.42. The van der Waals surface area contributed by atoms with E-state index in [9.17, 15) is 14.4 Å². The molecule has 0 radical (unpaired) electrons. The predicted molar refractivity (Wildman–Crippen MR) is 128 cm³/mol. The molecule has 1 aliphatic carbocycles. The van der Waals surface area contributed by atoms with Crippen LogP contribution < -0.4 is 16.0 Å². The molecular formula is C25H30ClN3O4. The maximum absolute atomic E-state index is 12.6. The summed E-state index contributed by atoms with van der Waals surface area (Å²) < 4.78 is 5.13. The molecule has 2 aromatic rings. The van der Waals surface area contributed by atoms with Crippen LogP contribution in [0.25, 0.3) is 0 Å². The Hall–Kier alpha value is -3.06. The van der Waals surface area contributed by atoms with Crippen molar-refractivity contribution in [2.75, 3.05) is 11.9 Å². The zero-order valence-electron chi connectivity index (χ0n) is 18.6. The van der Waals surface area contributed by atoms with Gasteiger partial charge in [-0.1, -0.05) is 61.2 Å². The molecule has 2 aromatic carbocycles. The van der Waals surface area contributed by atoms with E-state index in [1.165, 1.54) is 6.42 Å². The number of carbonyl (C=O) groups is 3. The first-order valence-electron chi connectivity index (χ1n) is 11.4.